The molecule has 1 aromatic rings. The third-order valence-electron chi connectivity index (χ3n) is 4.43. The van der Waals surface area contributed by atoms with Crippen molar-refractivity contribution in [1.82, 2.24) is 10.2 Å². The molecule has 0 unspecified atom stereocenters. The molecule has 3 rings (SSSR count). The summed E-state index contributed by atoms with van der Waals surface area (Å²) in [6.07, 6.45) is 0. The van der Waals surface area contributed by atoms with E-state index in [9.17, 15) is 4.79 Å². The van der Waals surface area contributed by atoms with Crippen molar-refractivity contribution in [3.05, 3.63) is 24.3 Å². The summed E-state index contributed by atoms with van der Waals surface area (Å²) in [5, 5.41) is 3.48. The molecule has 6 heteroatoms. The summed E-state index contributed by atoms with van der Waals surface area (Å²) in [5.41, 5.74) is 2.04. The summed E-state index contributed by atoms with van der Waals surface area (Å²) in [7, 11) is 0. The summed E-state index contributed by atoms with van der Waals surface area (Å²) < 4.78 is 0. The van der Waals surface area contributed by atoms with Gasteiger partial charge in [0.25, 0.3) is 5.91 Å². The Kier molecular flexibility index (Phi) is 4.31. The van der Waals surface area contributed by atoms with Crippen molar-refractivity contribution in [2.75, 3.05) is 42.5 Å². The van der Waals surface area contributed by atoms with Gasteiger partial charge in [-0.05, 0) is 50.0 Å². The molecule has 1 amide bonds. The maximum absolute atomic E-state index is 12.1. The van der Waals surface area contributed by atoms with Crippen LogP contribution >= 0.6 is 12.2 Å². The Morgan fingerprint density at radius 1 is 1.14 bits per heavy atom. The number of nitrogens with zero attached hydrogens (tertiary/aromatic N) is 3. The molecule has 1 aromatic carbocycles. The molecule has 2 aliphatic heterocycles. The first-order chi connectivity index (χ1) is 10.6. The van der Waals surface area contributed by atoms with Gasteiger partial charge in [-0.15, -0.1) is 0 Å². The Labute approximate surface area is 136 Å². The third-order valence-corrected chi connectivity index (χ3v) is 4.73. The van der Waals surface area contributed by atoms with Crippen LogP contribution < -0.4 is 15.1 Å². The Hall–Kier alpha value is -1.66. The highest BCUT2D eigenvalue weighted by atomic mass is 32.1. The molecule has 2 heterocycles. The molecule has 0 aromatic heterocycles. The lowest BCUT2D eigenvalue weighted by Crippen LogP contribution is -2.46. The fourth-order valence-corrected chi connectivity index (χ4v) is 3.36. The number of piperazine rings is 1. The van der Waals surface area contributed by atoms with Crippen LogP contribution in [0, 0.1) is 0 Å². The van der Waals surface area contributed by atoms with Gasteiger partial charge in [0.15, 0.2) is 5.11 Å². The normalized spacial score (nSPS) is 23.1. The van der Waals surface area contributed by atoms with Crippen molar-refractivity contribution in [1.29, 1.82) is 0 Å². The van der Waals surface area contributed by atoms with Crippen LogP contribution in [-0.4, -0.2) is 54.7 Å². The molecule has 0 radical (unpaired) electrons. The predicted molar refractivity (Wildman–Crippen MR) is 93.5 cm³/mol. The van der Waals surface area contributed by atoms with E-state index in [2.05, 4.69) is 34.2 Å². The number of hydrogen-bond acceptors (Lipinski definition) is 4. The summed E-state index contributed by atoms with van der Waals surface area (Å²) >= 11 is 5.24. The Bertz CT molecular complexity index is 566. The van der Waals surface area contributed by atoms with Gasteiger partial charge in [-0.25, -0.2) is 0 Å². The molecule has 0 bridgehead atoms. The second-order valence-electron chi connectivity index (χ2n) is 5.78. The van der Waals surface area contributed by atoms with Gasteiger partial charge < -0.3 is 15.1 Å². The van der Waals surface area contributed by atoms with E-state index in [0.717, 1.165) is 38.4 Å². The Morgan fingerprint density at radius 3 is 2.23 bits per heavy atom. The number of likely N-dealkylation sites (N-methyl/N-ethyl adjacent to an activating group) is 1. The van der Waals surface area contributed by atoms with Crippen molar-refractivity contribution >= 4 is 34.6 Å². The standard InChI is InChI=1S/C16H22N4OS/c1-3-18-8-10-19(11-9-18)13-4-6-14(7-5-13)20-15(21)12(2)17-16(20)22/h4-7,12H,3,8-11H2,1-2H3,(H,17,22)/t12-/m1/s1. The number of thiocarbonyl (C=S) groups is 1. The van der Waals surface area contributed by atoms with Gasteiger partial charge in [-0.3, -0.25) is 9.69 Å². The zero-order chi connectivity index (χ0) is 15.7. The average Bonchev–Trinajstić information content (AvgIpc) is 2.80. The topological polar surface area (TPSA) is 38.8 Å². The molecule has 0 saturated carbocycles. The molecule has 0 aliphatic carbocycles. The first-order valence-corrected chi connectivity index (χ1v) is 8.23. The fourth-order valence-electron chi connectivity index (χ4n) is 2.98. The van der Waals surface area contributed by atoms with Crippen LogP contribution in [0.15, 0.2) is 24.3 Å². The predicted octanol–water partition coefficient (Wildman–Crippen LogP) is 1.44. The summed E-state index contributed by atoms with van der Waals surface area (Å²) in [5.74, 6) is 0.00862. The number of benzene rings is 1. The van der Waals surface area contributed by atoms with Gasteiger partial charge in [0.1, 0.15) is 6.04 Å². The molecule has 2 fully saturated rings. The van der Waals surface area contributed by atoms with E-state index in [1.807, 2.05) is 19.1 Å². The largest absolute Gasteiger partial charge is 0.369 e. The maximum atomic E-state index is 12.1. The molecule has 118 valence electrons. The van der Waals surface area contributed by atoms with Crippen molar-refractivity contribution in [2.24, 2.45) is 0 Å². The molecule has 2 aliphatic rings. The first-order valence-electron chi connectivity index (χ1n) is 7.82. The van der Waals surface area contributed by atoms with Crippen molar-refractivity contribution in [3.63, 3.8) is 0 Å². The SMILES string of the molecule is CCN1CCN(c2ccc(N3C(=O)[C@@H](C)NC3=S)cc2)CC1. The second kappa shape index (κ2) is 6.22. The number of nitrogens with one attached hydrogen (secondary N) is 1. The zero-order valence-electron chi connectivity index (χ0n) is 13.1. The molecular formula is C16H22N4OS. The van der Waals surface area contributed by atoms with Crippen LogP contribution in [0.25, 0.3) is 0 Å². The molecule has 1 N–H and O–H groups in total. The number of rotatable bonds is 3. The number of carbonyl (C=O) groups is 1. The van der Waals surface area contributed by atoms with Crippen LogP contribution in [0.2, 0.25) is 0 Å². The van der Waals surface area contributed by atoms with Crippen molar-refractivity contribution in [3.8, 4) is 0 Å². The minimum Gasteiger partial charge on any atom is -0.369 e. The van der Waals surface area contributed by atoms with E-state index in [1.54, 1.807) is 4.90 Å². The number of carbonyl (C=O) groups excluding carboxylic acids is 1. The number of hydrogen-bond donors (Lipinski definition) is 1. The van der Waals surface area contributed by atoms with E-state index in [-0.39, 0.29) is 11.9 Å². The first kappa shape index (κ1) is 15.2. The van der Waals surface area contributed by atoms with Crippen LogP contribution in [0.5, 0.6) is 0 Å². The van der Waals surface area contributed by atoms with E-state index < -0.39 is 0 Å². The second-order valence-corrected chi connectivity index (χ2v) is 6.17. The highest BCUT2D eigenvalue weighted by molar-refractivity contribution is 7.80. The lowest BCUT2D eigenvalue weighted by molar-refractivity contribution is -0.117. The average molecular weight is 318 g/mol. The van der Waals surface area contributed by atoms with Gasteiger partial charge in [-0.2, -0.15) is 0 Å². The van der Waals surface area contributed by atoms with E-state index in [0.29, 0.717) is 5.11 Å². The lowest BCUT2D eigenvalue weighted by Gasteiger charge is -2.35. The smallest absolute Gasteiger partial charge is 0.255 e. The Morgan fingerprint density at radius 2 is 1.73 bits per heavy atom. The van der Waals surface area contributed by atoms with Gasteiger partial charge in [0.05, 0.1) is 5.69 Å². The lowest BCUT2D eigenvalue weighted by atomic mass is 10.2. The molecule has 1 atom stereocenters. The molecule has 2 saturated heterocycles. The summed E-state index contributed by atoms with van der Waals surface area (Å²) in [6.45, 7) is 9.46. The maximum Gasteiger partial charge on any atom is 0.255 e. The van der Waals surface area contributed by atoms with Crippen LogP contribution in [0.1, 0.15) is 13.8 Å². The van der Waals surface area contributed by atoms with Crippen molar-refractivity contribution < 1.29 is 4.79 Å². The molecule has 0 spiro atoms. The third kappa shape index (κ3) is 2.80. The summed E-state index contributed by atoms with van der Waals surface area (Å²) in [4.78, 5) is 18.6. The van der Waals surface area contributed by atoms with Gasteiger partial charge >= 0.3 is 0 Å². The Balaban J connectivity index is 1.71. The highest BCUT2D eigenvalue weighted by Gasteiger charge is 2.33. The van der Waals surface area contributed by atoms with Gasteiger partial charge in [0.2, 0.25) is 0 Å². The minimum atomic E-state index is -0.241. The number of anilines is 2. The van der Waals surface area contributed by atoms with E-state index in [1.165, 1.54) is 5.69 Å². The molecular weight excluding hydrogens is 296 g/mol. The van der Waals surface area contributed by atoms with Gasteiger partial charge in [0, 0.05) is 31.9 Å². The van der Waals surface area contributed by atoms with Crippen LogP contribution in [0.3, 0.4) is 0 Å². The van der Waals surface area contributed by atoms with Crippen LogP contribution in [0.4, 0.5) is 11.4 Å². The quantitative estimate of drug-likeness (QED) is 0.854. The zero-order valence-corrected chi connectivity index (χ0v) is 13.9. The van der Waals surface area contributed by atoms with Crippen molar-refractivity contribution in [2.45, 2.75) is 19.9 Å². The molecule has 22 heavy (non-hydrogen) atoms. The summed E-state index contributed by atoms with van der Waals surface area (Å²) in [6, 6.07) is 7.87. The van der Waals surface area contributed by atoms with E-state index >= 15 is 0 Å². The van der Waals surface area contributed by atoms with E-state index in [4.69, 9.17) is 12.2 Å². The highest BCUT2D eigenvalue weighted by Crippen LogP contribution is 2.24. The monoisotopic (exact) mass is 318 g/mol. The molecule has 5 nitrogen and oxygen atoms in total. The fraction of sp³-hybridized carbons (Fsp3) is 0.500. The van der Waals surface area contributed by atoms with Gasteiger partial charge in [-0.1, -0.05) is 6.92 Å². The van der Waals surface area contributed by atoms with Crippen LogP contribution in [-0.2, 0) is 4.79 Å². The number of amides is 1. The minimum absolute atomic E-state index is 0.00862.